The molecule has 0 bridgehead atoms. The van der Waals surface area contributed by atoms with Gasteiger partial charge in [0.2, 0.25) is 5.91 Å². The Hall–Kier alpha value is -2.01. The van der Waals surface area contributed by atoms with E-state index in [1.807, 2.05) is 18.2 Å². The third-order valence-electron chi connectivity index (χ3n) is 4.78. The summed E-state index contributed by atoms with van der Waals surface area (Å²) in [5.41, 5.74) is 1.00. The van der Waals surface area contributed by atoms with Crippen LogP contribution in [0.1, 0.15) is 37.7 Å². The molecule has 0 radical (unpaired) electrons. The van der Waals surface area contributed by atoms with Crippen molar-refractivity contribution in [3.05, 3.63) is 35.9 Å². The number of hydrogen-bond acceptors (Lipinski definition) is 4. The van der Waals surface area contributed by atoms with Crippen LogP contribution < -0.4 is 14.8 Å². The normalized spacial score (nSPS) is 22.6. The van der Waals surface area contributed by atoms with Gasteiger partial charge in [-0.25, -0.2) is 0 Å². The average molecular weight is 345 g/mol. The molecule has 2 atom stereocenters. The first-order valence-electron chi connectivity index (χ1n) is 9.10. The van der Waals surface area contributed by atoms with Gasteiger partial charge in [-0.3, -0.25) is 4.79 Å². The van der Waals surface area contributed by atoms with Gasteiger partial charge in [-0.15, -0.1) is 0 Å². The molecule has 1 amide bonds. The van der Waals surface area contributed by atoms with Crippen LogP contribution in [0.5, 0.6) is 11.5 Å². The lowest BCUT2D eigenvalue weighted by molar-refractivity contribution is -0.125. The number of nitrogens with one attached hydrogen (secondary N) is 1. The van der Waals surface area contributed by atoms with E-state index in [0.29, 0.717) is 24.7 Å². The molecule has 2 aliphatic rings. The number of benzene rings is 1. The highest BCUT2D eigenvalue weighted by atomic mass is 16.5. The standard InChI is InChI=1S/C20H27NO4/c1-23-19-12-15(13-21-20(22)16-6-3-2-4-7-16)9-10-18(19)25-14-17-8-5-11-24-17/h2-3,9-10,12,16-17H,4-8,11,13-14H2,1H3,(H,21,22). The van der Waals surface area contributed by atoms with Crippen molar-refractivity contribution in [2.75, 3.05) is 20.3 Å². The minimum atomic E-state index is 0.0981. The summed E-state index contributed by atoms with van der Waals surface area (Å²) in [7, 11) is 1.63. The van der Waals surface area contributed by atoms with Gasteiger partial charge < -0.3 is 19.5 Å². The predicted octanol–water partition coefficient (Wildman–Crippen LogP) is 3.23. The van der Waals surface area contributed by atoms with Crippen molar-refractivity contribution in [3.8, 4) is 11.5 Å². The number of ether oxygens (including phenoxy) is 3. The van der Waals surface area contributed by atoms with Gasteiger partial charge in [0, 0.05) is 19.1 Å². The first-order chi connectivity index (χ1) is 12.3. The van der Waals surface area contributed by atoms with Crippen LogP contribution in [-0.4, -0.2) is 32.3 Å². The minimum absolute atomic E-state index is 0.0981. The summed E-state index contributed by atoms with van der Waals surface area (Å²) in [5, 5.41) is 3.03. The molecule has 2 unspecified atom stereocenters. The van der Waals surface area contributed by atoms with Crippen molar-refractivity contribution in [2.24, 2.45) is 5.92 Å². The van der Waals surface area contributed by atoms with Crippen LogP contribution in [0.15, 0.2) is 30.4 Å². The molecule has 1 aromatic carbocycles. The van der Waals surface area contributed by atoms with Crippen LogP contribution in [0.25, 0.3) is 0 Å². The Bertz CT molecular complexity index is 608. The average Bonchev–Trinajstić information content (AvgIpc) is 3.19. The summed E-state index contributed by atoms with van der Waals surface area (Å²) in [6.07, 6.45) is 9.31. The highest BCUT2D eigenvalue weighted by Crippen LogP contribution is 2.29. The Morgan fingerprint density at radius 1 is 1.28 bits per heavy atom. The lowest BCUT2D eigenvalue weighted by Gasteiger charge is -2.18. The first kappa shape index (κ1) is 17.8. The molecule has 1 heterocycles. The SMILES string of the molecule is COc1cc(CNC(=O)C2CC=CCC2)ccc1OCC1CCCO1. The summed E-state index contributed by atoms with van der Waals surface area (Å²) < 4.78 is 16.9. The smallest absolute Gasteiger partial charge is 0.223 e. The second kappa shape index (κ2) is 8.90. The molecule has 1 N–H and O–H groups in total. The number of rotatable bonds is 7. The fourth-order valence-electron chi connectivity index (χ4n) is 3.26. The number of allylic oxidation sites excluding steroid dienone is 2. The van der Waals surface area contributed by atoms with Gasteiger partial charge in [0.05, 0.1) is 13.2 Å². The zero-order valence-electron chi connectivity index (χ0n) is 14.8. The Balaban J connectivity index is 1.53. The Kier molecular flexibility index (Phi) is 6.34. The number of carbonyl (C=O) groups is 1. The molecule has 1 saturated heterocycles. The summed E-state index contributed by atoms with van der Waals surface area (Å²) in [4.78, 5) is 12.2. The molecule has 25 heavy (non-hydrogen) atoms. The van der Waals surface area contributed by atoms with Gasteiger partial charge >= 0.3 is 0 Å². The third kappa shape index (κ3) is 4.98. The van der Waals surface area contributed by atoms with Crippen molar-refractivity contribution < 1.29 is 19.0 Å². The molecule has 5 nitrogen and oxygen atoms in total. The Morgan fingerprint density at radius 2 is 2.20 bits per heavy atom. The van der Waals surface area contributed by atoms with E-state index in [-0.39, 0.29) is 17.9 Å². The Labute approximate surface area is 149 Å². The fraction of sp³-hybridized carbons (Fsp3) is 0.550. The van der Waals surface area contributed by atoms with E-state index in [0.717, 1.165) is 44.3 Å². The van der Waals surface area contributed by atoms with Crippen molar-refractivity contribution in [2.45, 2.75) is 44.8 Å². The van der Waals surface area contributed by atoms with Crippen LogP contribution in [0, 0.1) is 5.92 Å². The molecular weight excluding hydrogens is 318 g/mol. The van der Waals surface area contributed by atoms with E-state index in [2.05, 4.69) is 17.5 Å². The van der Waals surface area contributed by atoms with Crippen molar-refractivity contribution in [1.82, 2.24) is 5.32 Å². The number of carbonyl (C=O) groups excluding carboxylic acids is 1. The summed E-state index contributed by atoms with van der Waals surface area (Å²) >= 11 is 0. The second-order valence-corrected chi connectivity index (χ2v) is 6.63. The van der Waals surface area contributed by atoms with Crippen LogP contribution in [-0.2, 0) is 16.1 Å². The van der Waals surface area contributed by atoms with Crippen molar-refractivity contribution in [3.63, 3.8) is 0 Å². The molecule has 1 aliphatic carbocycles. The molecule has 0 aromatic heterocycles. The second-order valence-electron chi connectivity index (χ2n) is 6.63. The molecule has 1 aromatic rings. The summed E-state index contributed by atoms with van der Waals surface area (Å²) in [5.74, 6) is 1.62. The first-order valence-corrected chi connectivity index (χ1v) is 9.10. The maximum Gasteiger partial charge on any atom is 0.223 e. The van der Waals surface area contributed by atoms with Gasteiger partial charge in [0.1, 0.15) is 6.61 Å². The van der Waals surface area contributed by atoms with Crippen molar-refractivity contribution >= 4 is 5.91 Å². The number of hydrogen-bond donors (Lipinski definition) is 1. The highest BCUT2D eigenvalue weighted by Gasteiger charge is 2.19. The largest absolute Gasteiger partial charge is 0.493 e. The molecule has 1 fully saturated rings. The van der Waals surface area contributed by atoms with E-state index >= 15 is 0 Å². The van der Waals surface area contributed by atoms with Crippen LogP contribution in [0.2, 0.25) is 0 Å². The molecule has 3 rings (SSSR count). The molecule has 0 saturated carbocycles. The fourth-order valence-corrected chi connectivity index (χ4v) is 3.26. The zero-order chi connectivity index (χ0) is 17.5. The van der Waals surface area contributed by atoms with Gasteiger partial charge in [0.15, 0.2) is 11.5 Å². The van der Waals surface area contributed by atoms with E-state index < -0.39 is 0 Å². The van der Waals surface area contributed by atoms with E-state index in [1.54, 1.807) is 7.11 Å². The lowest BCUT2D eigenvalue weighted by atomic mass is 9.93. The number of methoxy groups -OCH3 is 1. The number of amides is 1. The highest BCUT2D eigenvalue weighted by molar-refractivity contribution is 5.79. The van der Waals surface area contributed by atoms with Gasteiger partial charge in [-0.2, -0.15) is 0 Å². The molecular formula is C20H27NO4. The maximum absolute atomic E-state index is 12.2. The minimum Gasteiger partial charge on any atom is -0.493 e. The third-order valence-corrected chi connectivity index (χ3v) is 4.78. The molecule has 5 heteroatoms. The van der Waals surface area contributed by atoms with Crippen LogP contribution >= 0.6 is 0 Å². The molecule has 1 aliphatic heterocycles. The van der Waals surface area contributed by atoms with E-state index in [4.69, 9.17) is 14.2 Å². The lowest BCUT2D eigenvalue weighted by Crippen LogP contribution is -2.30. The van der Waals surface area contributed by atoms with Gasteiger partial charge in [-0.05, 0) is 49.8 Å². The quantitative estimate of drug-likeness (QED) is 0.771. The predicted molar refractivity (Wildman–Crippen MR) is 95.8 cm³/mol. The topological polar surface area (TPSA) is 56.8 Å². The van der Waals surface area contributed by atoms with Gasteiger partial charge in [-0.1, -0.05) is 18.2 Å². The zero-order valence-corrected chi connectivity index (χ0v) is 14.8. The summed E-state index contributed by atoms with van der Waals surface area (Å²) in [6.45, 7) is 1.86. The monoisotopic (exact) mass is 345 g/mol. The molecule has 0 spiro atoms. The maximum atomic E-state index is 12.2. The van der Waals surface area contributed by atoms with Crippen molar-refractivity contribution in [1.29, 1.82) is 0 Å². The van der Waals surface area contributed by atoms with Crippen LogP contribution in [0.3, 0.4) is 0 Å². The van der Waals surface area contributed by atoms with Gasteiger partial charge in [0.25, 0.3) is 0 Å². The molecule has 136 valence electrons. The van der Waals surface area contributed by atoms with Crippen LogP contribution in [0.4, 0.5) is 0 Å². The van der Waals surface area contributed by atoms with E-state index in [1.165, 1.54) is 0 Å². The summed E-state index contributed by atoms with van der Waals surface area (Å²) in [6, 6.07) is 5.79. The Morgan fingerprint density at radius 3 is 2.92 bits per heavy atom. The van der Waals surface area contributed by atoms with E-state index in [9.17, 15) is 4.79 Å².